The van der Waals surface area contributed by atoms with Crippen molar-refractivity contribution in [3.63, 3.8) is 0 Å². The van der Waals surface area contributed by atoms with Crippen molar-refractivity contribution in [1.82, 2.24) is 0 Å². The molecule has 7 heavy (non-hydrogen) atoms. The summed E-state index contributed by atoms with van der Waals surface area (Å²) in [5, 5.41) is 0.126. The fraction of sp³-hybridized carbons (Fsp3) is 1.00. The van der Waals surface area contributed by atoms with E-state index in [4.69, 9.17) is 4.89 Å². The predicted molar refractivity (Wildman–Crippen MR) is 29.0 cm³/mol. The molecular formula is C4H7BrO2. The summed E-state index contributed by atoms with van der Waals surface area (Å²) in [4.78, 5) is 9.33. The van der Waals surface area contributed by atoms with Gasteiger partial charge in [0.25, 0.3) is 0 Å². The van der Waals surface area contributed by atoms with Gasteiger partial charge < -0.3 is 0 Å². The van der Waals surface area contributed by atoms with Crippen LogP contribution in [0.1, 0.15) is 12.8 Å². The number of alkyl halides is 1. The molecule has 0 radical (unpaired) electrons. The van der Waals surface area contributed by atoms with Gasteiger partial charge in [-0.2, -0.15) is 0 Å². The van der Waals surface area contributed by atoms with Crippen LogP contribution in [-0.4, -0.2) is 11.6 Å². The molecule has 0 aromatic rings. The quantitative estimate of drug-likeness (QED) is 0.401. The fourth-order valence-corrected chi connectivity index (χ4v) is 0.904. The molecule has 1 unspecified atom stereocenters. The van der Waals surface area contributed by atoms with E-state index >= 15 is 0 Å². The second-order valence-electron chi connectivity index (χ2n) is 1.47. The lowest BCUT2D eigenvalue weighted by Gasteiger charge is -2.14. The summed E-state index contributed by atoms with van der Waals surface area (Å²) in [5.41, 5.74) is 0. The van der Waals surface area contributed by atoms with Gasteiger partial charge in [-0.15, -0.1) is 0 Å². The molecule has 1 fully saturated rings. The third-order valence-corrected chi connectivity index (χ3v) is 1.44. The van der Waals surface area contributed by atoms with Gasteiger partial charge in [0.15, 0.2) is 0 Å². The first kappa shape index (κ1) is 5.54. The van der Waals surface area contributed by atoms with E-state index in [-0.39, 0.29) is 5.01 Å². The molecule has 1 aliphatic rings. The first-order valence-electron chi connectivity index (χ1n) is 2.32. The second kappa shape index (κ2) is 2.64. The maximum absolute atomic E-state index is 4.69. The first-order valence-corrected chi connectivity index (χ1v) is 3.23. The van der Waals surface area contributed by atoms with Crippen molar-refractivity contribution in [2.24, 2.45) is 0 Å². The zero-order valence-electron chi connectivity index (χ0n) is 3.89. The first-order chi connectivity index (χ1) is 3.39. The van der Waals surface area contributed by atoms with E-state index in [1.807, 2.05) is 0 Å². The largest absolute Gasteiger partial charge is 0.236 e. The molecule has 1 rings (SSSR count). The van der Waals surface area contributed by atoms with Crippen LogP contribution in [0.4, 0.5) is 0 Å². The summed E-state index contributed by atoms with van der Waals surface area (Å²) >= 11 is 3.24. The number of rotatable bonds is 0. The molecule has 0 aliphatic carbocycles. The Bertz CT molecular complexity index is 51.7. The van der Waals surface area contributed by atoms with Crippen molar-refractivity contribution in [3.8, 4) is 0 Å². The summed E-state index contributed by atoms with van der Waals surface area (Å²) in [6, 6.07) is 0. The molecule has 0 saturated carbocycles. The van der Waals surface area contributed by atoms with Crippen LogP contribution < -0.4 is 0 Å². The summed E-state index contributed by atoms with van der Waals surface area (Å²) in [6.45, 7) is 0.738. The number of hydrogen-bond donors (Lipinski definition) is 0. The van der Waals surface area contributed by atoms with Crippen LogP contribution >= 0.6 is 15.9 Å². The van der Waals surface area contributed by atoms with Crippen molar-refractivity contribution >= 4 is 15.9 Å². The summed E-state index contributed by atoms with van der Waals surface area (Å²) in [6.07, 6.45) is 2.15. The van der Waals surface area contributed by atoms with Crippen LogP contribution in [0.15, 0.2) is 0 Å². The molecular weight excluding hydrogens is 160 g/mol. The molecule has 2 nitrogen and oxygen atoms in total. The monoisotopic (exact) mass is 166 g/mol. The second-order valence-corrected chi connectivity index (χ2v) is 2.49. The lowest BCUT2D eigenvalue weighted by Crippen LogP contribution is -2.13. The van der Waals surface area contributed by atoms with E-state index in [9.17, 15) is 0 Å². The predicted octanol–water partition coefficient (Wildman–Crippen LogP) is 1.45. The molecule has 1 saturated heterocycles. The number of hydrogen-bond acceptors (Lipinski definition) is 2. The molecule has 1 atom stereocenters. The van der Waals surface area contributed by atoms with Crippen molar-refractivity contribution in [2.45, 2.75) is 17.9 Å². The van der Waals surface area contributed by atoms with Crippen LogP contribution in [0.25, 0.3) is 0 Å². The van der Waals surface area contributed by atoms with Gasteiger partial charge in [0.2, 0.25) is 0 Å². The Kier molecular flexibility index (Phi) is 2.09. The average Bonchev–Trinajstić information content (AvgIpc) is 1.69. The van der Waals surface area contributed by atoms with Crippen molar-refractivity contribution in [3.05, 3.63) is 0 Å². The van der Waals surface area contributed by atoms with E-state index in [0.29, 0.717) is 0 Å². The SMILES string of the molecule is BrC1CCCOO1. The topological polar surface area (TPSA) is 18.5 Å². The standard InChI is InChI=1S/C4H7BrO2/c5-4-2-1-3-6-7-4/h4H,1-3H2. The van der Waals surface area contributed by atoms with E-state index in [1.165, 1.54) is 0 Å². The lowest BCUT2D eigenvalue weighted by molar-refractivity contribution is -0.321. The Morgan fingerprint density at radius 1 is 1.57 bits per heavy atom. The minimum Gasteiger partial charge on any atom is -0.236 e. The van der Waals surface area contributed by atoms with Gasteiger partial charge in [-0.05, 0) is 12.8 Å². The highest BCUT2D eigenvalue weighted by Gasteiger charge is 2.09. The highest BCUT2D eigenvalue weighted by atomic mass is 79.9. The van der Waals surface area contributed by atoms with Crippen LogP contribution in [0.3, 0.4) is 0 Å². The normalized spacial score (nSPS) is 33.0. The Hall–Kier alpha value is 0.400. The van der Waals surface area contributed by atoms with Gasteiger partial charge in [-0.3, -0.25) is 0 Å². The third kappa shape index (κ3) is 1.76. The highest BCUT2D eigenvalue weighted by Crippen LogP contribution is 2.14. The van der Waals surface area contributed by atoms with Crippen LogP contribution in [0.5, 0.6) is 0 Å². The number of halogens is 1. The highest BCUT2D eigenvalue weighted by molar-refractivity contribution is 9.09. The van der Waals surface area contributed by atoms with Crippen LogP contribution in [-0.2, 0) is 9.78 Å². The third-order valence-electron chi connectivity index (χ3n) is 0.831. The zero-order chi connectivity index (χ0) is 5.11. The van der Waals surface area contributed by atoms with E-state index in [1.54, 1.807) is 0 Å². The van der Waals surface area contributed by atoms with Crippen molar-refractivity contribution < 1.29 is 9.78 Å². The van der Waals surface area contributed by atoms with Gasteiger partial charge in [-0.25, -0.2) is 9.78 Å². The van der Waals surface area contributed by atoms with Crippen molar-refractivity contribution in [2.75, 3.05) is 6.61 Å². The maximum Gasteiger partial charge on any atom is 0.147 e. The Balaban J connectivity index is 2.12. The molecule has 3 heteroatoms. The Morgan fingerprint density at radius 2 is 2.43 bits per heavy atom. The minimum atomic E-state index is 0.126. The van der Waals surface area contributed by atoms with Gasteiger partial charge in [-0.1, -0.05) is 15.9 Å². The van der Waals surface area contributed by atoms with E-state index < -0.39 is 0 Å². The molecule has 0 spiro atoms. The zero-order valence-corrected chi connectivity index (χ0v) is 5.48. The maximum atomic E-state index is 4.69. The van der Waals surface area contributed by atoms with E-state index in [0.717, 1.165) is 19.4 Å². The average molecular weight is 167 g/mol. The fourth-order valence-electron chi connectivity index (χ4n) is 0.473. The van der Waals surface area contributed by atoms with Gasteiger partial charge >= 0.3 is 0 Å². The Morgan fingerprint density at radius 3 is 2.71 bits per heavy atom. The molecule has 1 heterocycles. The smallest absolute Gasteiger partial charge is 0.147 e. The molecule has 0 N–H and O–H groups in total. The van der Waals surface area contributed by atoms with E-state index in [2.05, 4.69) is 20.8 Å². The van der Waals surface area contributed by atoms with Crippen molar-refractivity contribution in [1.29, 1.82) is 0 Å². The molecule has 0 aromatic heterocycles. The Labute approximate surface area is 50.9 Å². The minimum absolute atomic E-state index is 0.126. The van der Waals surface area contributed by atoms with Crippen LogP contribution in [0, 0.1) is 0 Å². The molecule has 0 aromatic carbocycles. The molecule has 0 bridgehead atoms. The summed E-state index contributed by atoms with van der Waals surface area (Å²) < 4.78 is 0. The molecule has 1 aliphatic heterocycles. The van der Waals surface area contributed by atoms with Crippen LogP contribution in [0.2, 0.25) is 0 Å². The van der Waals surface area contributed by atoms with Gasteiger partial charge in [0.05, 0.1) is 6.61 Å². The van der Waals surface area contributed by atoms with Gasteiger partial charge in [0.1, 0.15) is 5.01 Å². The summed E-state index contributed by atoms with van der Waals surface area (Å²) in [5.74, 6) is 0. The summed E-state index contributed by atoms with van der Waals surface area (Å²) in [7, 11) is 0. The van der Waals surface area contributed by atoms with Gasteiger partial charge in [0, 0.05) is 0 Å². The lowest BCUT2D eigenvalue weighted by atomic mass is 10.3. The molecule has 0 amide bonds. The molecule has 42 valence electrons.